The van der Waals surface area contributed by atoms with Crippen molar-refractivity contribution in [3.8, 4) is 0 Å². The zero-order chi connectivity index (χ0) is 16.2. The summed E-state index contributed by atoms with van der Waals surface area (Å²) in [5.74, 6) is -0.489. The lowest BCUT2D eigenvalue weighted by atomic mass is 10.1. The van der Waals surface area contributed by atoms with E-state index in [-0.39, 0.29) is 11.3 Å². The van der Waals surface area contributed by atoms with Gasteiger partial charge in [-0.3, -0.25) is 14.6 Å². The lowest BCUT2D eigenvalue weighted by Crippen LogP contribution is -2.27. The fourth-order valence-corrected chi connectivity index (χ4v) is 2.14. The number of hydrogen-bond acceptors (Lipinski definition) is 5. The maximum absolute atomic E-state index is 12.3. The maximum Gasteiger partial charge on any atom is 0.292 e. The molecular weight excluding hydrogens is 294 g/mol. The van der Waals surface area contributed by atoms with E-state index < -0.39 is 5.91 Å². The normalized spacial score (nSPS) is 11.0. The van der Waals surface area contributed by atoms with E-state index in [2.05, 4.69) is 20.6 Å². The summed E-state index contributed by atoms with van der Waals surface area (Å²) in [6, 6.07) is 10.4. The summed E-state index contributed by atoms with van der Waals surface area (Å²) in [6.45, 7) is 0. The number of rotatable bonds is 3. The molecule has 114 valence electrons. The van der Waals surface area contributed by atoms with Crippen LogP contribution < -0.4 is 11.0 Å². The first-order valence-corrected chi connectivity index (χ1v) is 6.86. The Labute approximate surface area is 131 Å². The van der Waals surface area contributed by atoms with Gasteiger partial charge in [-0.25, -0.2) is 10.1 Å². The Kier molecular flexibility index (Phi) is 3.92. The lowest BCUT2D eigenvalue weighted by Gasteiger charge is -2.06. The first kappa shape index (κ1) is 14.6. The number of nitrogens with zero attached hydrogens (tertiary/aromatic N) is 4. The molecule has 2 heterocycles. The van der Waals surface area contributed by atoms with Crippen LogP contribution in [0, 0.1) is 0 Å². The van der Waals surface area contributed by atoms with Gasteiger partial charge in [-0.15, -0.1) is 0 Å². The van der Waals surface area contributed by atoms with Crippen LogP contribution in [0.1, 0.15) is 16.1 Å². The molecule has 7 heteroatoms. The molecule has 0 fully saturated rings. The number of aryl methyl sites for hydroxylation is 1. The number of benzene rings is 1. The van der Waals surface area contributed by atoms with Gasteiger partial charge in [0, 0.05) is 30.4 Å². The number of aromatic nitrogens is 3. The van der Waals surface area contributed by atoms with Gasteiger partial charge in [-0.2, -0.15) is 10.2 Å². The van der Waals surface area contributed by atoms with Gasteiger partial charge < -0.3 is 0 Å². The Morgan fingerprint density at radius 1 is 1.22 bits per heavy atom. The van der Waals surface area contributed by atoms with Gasteiger partial charge in [0.2, 0.25) is 0 Å². The molecule has 0 atom stereocenters. The molecule has 0 spiro atoms. The Morgan fingerprint density at radius 2 is 2.00 bits per heavy atom. The van der Waals surface area contributed by atoms with Crippen LogP contribution in [0.15, 0.2) is 58.7 Å². The summed E-state index contributed by atoms with van der Waals surface area (Å²) in [4.78, 5) is 28.3. The van der Waals surface area contributed by atoms with Crippen molar-refractivity contribution in [1.29, 1.82) is 0 Å². The third-order valence-electron chi connectivity index (χ3n) is 3.24. The van der Waals surface area contributed by atoms with E-state index in [1.54, 1.807) is 42.7 Å². The summed E-state index contributed by atoms with van der Waals surface area (Å²) in [6.07, 6.45) is 4.75. The minimum absolute atomic E-state index is 0.144. The summed E-state index contributed by atoms with van der Waals surface area (Å²) < 4.78 is 1.14. The molecule has 2 aromatic heterocycles. The number of carbonyl (C=O) groups is 1. The Morgan fingerprint density at radius 3 is 2.74 bits per heavy atom. The van der Waals surface area contributed by atoms with Crippen LogP contribution in [0.5, 0.6) is 0 Å². The number of hydrazone groups is 1. The largest absolute Gasteiger partial charge is 0.292 e. The number of carbonyl (C=O) groups excluding carboxylic acids is 1. The van der Waals surface area contributed by atoms with Crippen molar-refractivity contribution in [1.82, 2.24) is 20.2 Å². The van der Waals surface area contributed by atoms with Crippen molar-refractivity contribution < 1.29 is 4.79 Å². The van der Waals surface area contributed by atoms with Gasteiger partial charge in [0.25, 0.3) is 11.5 Å². The molecule has 0 saturated carbocycles. The fraction of sp³-hybridized carbons (Fsp3) is 0.0625. The molecule has 1 N–H and O–H groups in total. The Hall–Kier alpha value is -3.35. The van der Waals surface area contributed by atoms with Crippen LogP contribution in [0.4, 0.5) is 0 Å². The average Bonchev–Trinajstić information content (AvgIpc) is 2.59. The molecule has 0 unspecified atom stereocenters. The Balaban J connectivity index is 1.91. The fourth-order valence-electron chi connectivity index (χ4n) is 2.14. The van der Waals surface area contributed by atoms with Gasteiger partial charge in [0.1, 0.15) is 0 Å². The highest BCUT2D eigenvalue weighted by Crippen LogP contribution is 2.12. The van der Waals surface area contributed by atoms with Gasteiger partial charge in [0.15, 0.2) is 5.69 Å². The van der Waals surface area contributed by atoms with Crippen LogP contribution >= 0.6 is 0 Å². The average molecular weight is 307 g/mol. The molecule has 1 aromatic carbocycles. The second-order valence-electron chi connectivity index (χ2n) is 4.81. The predicted molar refractivity (Wildman–Crippen MR) is 86.3 cm³/mol. The molecule has 3 rings (SSSR count). The molecule has 3 aromatic rings. The quantitative estimate of drug-likeness (QED) is 0.579. The zero-order valence-electron chi connectivity index (χ0n) is 12.3. The minimum Gasteiger partial charge on any atom is -0.267 e. The standard InChI is InChI=1S/C16H13N5O2/c1-21-16(23)13-7-3-2-6-12(13)14(20-21)15(22)19-18-10-11-5-4-8-17-9-11/h2-10H,1H3,(H,19,22)/b18-10-. The Bertz CT molecular complexity index is 948. The van der Waals surface area contributed by atoms with E-state index in [1.165, 1.54) is 13.3 Å². The van der Waals surface area contributed by atoms with E-state index in [9.17, 15) is 9.59 Å². The molecule has 23 heavy (non-hydrogen) atoms. The van der Waals surface area contributed by atoms with E-state index in [4.69, 9.17) is 0 Å². The second-order valence-corrected chi connectivity index (χ2v) is 4.81. The molecule has 1 amide bonds. The van der Waals surface area contributed by atoms with Crippen molar-refractivity contribution in [2.75, 3.05) is 0 Å². The number of nitrogens with one attached hydrogen (secondary N) is 1. The summed E-state index contributed by atoms with van der Waals surface area (Å²) in [5.41, 5.74) is 3.06. The lowest BCUT2D eigenvalue weighted by molar-refractivity contribution is 0.0950. The highest BCUT2D eigenvalue weighted by Gasteiger charge is 2.14. The zero-order valence-corrected chi connectivity index (χ0v) is 12.3. The number of hydrogen-bond donors (Lipinski definition) is 1. The smallest absolute Gasteiger partial charge is 0.267 e. The van der Waals surface area contributed by atoms with Crippen molar-refractivity contribution in [3.05, 3.63) is 70.4 Å². The van der Waals surface area contributed by atoms with Crippen molar-refractivity contribution in [2.24, 2.45) is 12.1 Å². The third-order valence-corrected chi connectivity index (χ3v) is 3.24. The topological polar surface area (TPSA) is 89.2 Å². The maximum atomic E-state index is 12.3. The van der Waals surface area contributed by atoms with Crippen LogP contribution in [0.25, 0.3) is 10.8 Å². The highest BCUT2D eigenvalue weighted by atomic mass is 16.2. The predicted octanol–water partition coefficient (Wildman–Crippen LogP) is 1.09. The van der Waals surface area contributed by atoms with Crippen molar-refractivity contribution >= 4 is 22.9 Å². The molecule has 0 aliphatic heterocycles. The molecule has 0 bridgehead atoms. The van der Waals surface area contributed by atoms with Gasteiger partial charge >= 0.3 is 0 Å². The van der Waals surface area contributed by atoms with E-state index in [1.807, 2.05) is 6.07 Å². The van der Waals surface area contributed by atoms with E-state index in [0.717, 1.165) is 10.2 Å². The van der Waals surface area contributed by atoms with E-state index >= 15 is 0 Å². The minimum atomic E-state index is -0.489. The molecule has 0 radical (unpaired) electrons. The molecule has 0 aliphatic carbocycles. The van der Waals surface area contributed by atoms with Gasteiger partial charge in [-0.05, 0) is 12.1 Å². The summed E-state index contributed by atoms with van der Waals surface area (Å²) in [7, 11) is 1.50. The highest BCUT2D eigenvalue weighted by molar-refractivity contribution is 6.04. The molecule has 7 nitrogen and oxygen atoms in total. The number of pyridine rings is 1. The van der Waals surface area contributed by atoms with Crippen LogP contribution in [0.2, 0.25) is 0 Å². The van der Waals surface area contributed by atoms with Crippen molar-refractivity contribution in [2.45, 2.75) is 0 Å². The number of amides is 1. The van der Waals surface area contributed by atoms with Crippen LogP contribution in [0.3, 0.4) is 0 Å². The SMILES string of the molecule is Cn1nc(C(=O)N/N=C\c2cccnc2)c2ccccc2c1=O. The second kappa shape index (κ2) is 6.18. The molecule has 0 saturated heterocycles. The number of fused-ring (bicyclic) bond motifs is 1. The first-order valence-electron chi connectivity index (χ1n) is 6.86. The monoisotopic (exact) mass is 307 g/mol. The third kappa shape index (κ3) is 2.98. The van der Waals surface area contributed by atoms with E-state index in [0.29, 0.717) is 10.8 Å². The van der Waals surface area contributed by atoms with Crippen LogP contribution in [-0.4, -0.2) is 26.9 Å². The van der Waals surface area contributed by atoms with Gasteiger partial charge in [0.05, 0.1) is 11.6 Å². The summed E-state index contributed by atoms with van der Waals surface area (Å²) in [5, 5.41) is 8.84. The first-order chi connectivity index (χ1) is 11.2. The summed E-state index contributed by atoms with van der Waals surface area (Å²) >= 11 is 0. The van der Waals surface area contributed by atoms with Crippen LogP contribution in [-0.2, 0) is 7.05 Å². The molecular formula is C16H13N5O2. The molecule has 0 aliphatic rings. The van der Waals surface area contributed by atoms with Gasteiger partial charge in [-0.1, -0.05) is 24.3 Å². The van der Waals surface area contributed by atoms with Crippen molar-refractivity contribution in [3.63, 3.8) is 0 Å².